The van der Waals surface area contributed by atoms with E-state index in [0.29, 0.717) is 18.1 Å². The van der Waals surface area contributed by atoms with Gasteiger partial charge in [0.2, 0.25) is 0 Å². The number of likely N-dealkylation sites (tertiary alicyclic amines) is 1. The summed E-state index contributed by atoms with van der Waals surface area (Å²) in [6, 6.07) is 12.6. The van der Waals surface area contributed by atoms with E-state index in [9.17, 15) is 0 Å². The highest BCUT2D eigenvalue weighted by Crippen LogP contribution is 2.22. The van der Waals surface area contributed by atoms with Crippen molar-refractivity contribution in [3.8, 4) is 0 Å². The molecule has 2 N–H and O–H groups in total. The number of aliphatic imine (C=N–C) groups is 1. The number of benzene rings is 1. The van der Waals surface area contributed by atoms with Crippen molar-refractivity contribution in [3.05, 3.63) is 35.9 Å². The number of piperidine rings is 1. The summed E-state index contributed by atoms with van der Waals surface area (Å²) in [5, 5.41) is 7.67. The first-order valence-electron chi connectivity index (χ1n) is 12.2. The average molecular weight is 397 g/mol. The summed E-state index contributed by atoms with van der Waals surface area (Å²) in [7, 11) is 0. The molecule has 160 valence electrons. The molecule has 1 aliphatic heterocycles. The third-order valence-electron chi connectivity index (χ3n) is 7.01. The molecule has 0 atom stereocenters. The zero-order valence-electron chi connectivity index (χ0n) is 18.1. The topological polar surface area (TPSA) is 39.7 Å². The lowest BCUT2D eigenvalue weighted by Crippen LogP contribution is -2.51. The van der Waals surface area contributed by atoms with Gasteiger partial charge in [-0.2, -0.15) is 0 Å². The fourth-order valence-electron chi connectivity index (χ4n) is 5.22. The van der Waals surface area contributed by atoms with Crippen molar-refractivity contribution in [2.24, 2.45) is 4.99 Å². The van der Waals surface area contributed by atoms with Gasteiger partial charge in [-0.1, -0.05) is 68.9 Å². The fraction of sp³-hybridized carbons (Fsp3) is 0.720. The van der Waals surface area contributed by atoms with Gasteiger partial charge in [0.25, 0.3) is 0 Å². The van der Waals surface area contributed by atoms with E-state index in [2.05, 4.69) is 45.9 Å². The molecule has 4 heteroatoms. The van der Waals surface area contributed by atoms with Gasteiger partial charge < -0.3 is 10.6 Å². The summed E-state index contributed by atoms with van der Waals surface area (Å²) < 4.78 is 0. The van der Waals surface area contributed by atoms with Crippen LogP contribution in [-0.2, 0) is 6.54 Å². The Kier molecular flexibility index (Phi) is 7.86. The summed E-state index contributed by atoms with van der Waals surface area (Å²) in [4.78, 5) is 7.79. The van der Waals surface area contributed by atoms with Crippen LogP contribution in [0.25, 0.3) is 0 Å². The average Bonchev–Trinajstić information content (AvgIpc) is 2.77. The molecule has 1 saturated heterocycles. The summed E-state index contributed by atoms with van der Waals surface area (Å²) in [6.07, 6.45) is 15.8. The largest absolute Gasteiger partial charge is 0.354 e. The second kappa shape index (κ2) is 11.0. The van der Waals surface area contributed by atoms with Gasteiger partial charge in [-0.3, -0.25) is 4.90 Å². The minimum Gasteiger partial charge on any atom is -0.354 e. The molecule has 1 aromatic carbocycles. The van der Waals surface area contributed by atoms with Gasteiger partial charge in [0.1, 0.15) is 0 Å². The number of nitrogens with zero attached hydrogens (tertiary/aromatic N) is 2. The zero-order chi connectivity index (χ0) is 19.7. The van der Waals surface area contributed by atoms with Crippen LogP contribution in [0.2, 0.25) is 0 Å². The lowest BCUT2D eigenvalue weighted by atomic mass is 9.95. The van der Waals surface area contributed by atoms with Crippen molar-refractivity contribution >= 4 is 5.96 Å². The highest BCUT2D eigenvalue weighted by molar-refractivity contribution is 5.80. The lowest BCUT2D eigenvalue weighted by Gasteiger charge is -2.34. The summed E-state index contributed by atoms with van der Waals surface area (Å²) in [5.74, 6) is 1.12. The van der Waals surface area contributed by atoms with Crippen molar-refractivity contribution in [2.75, 3.05) is 13.1 Å². The Hall–Kier alpha value is -1.55. The Morgan fingerprint density at radius 3 is 2.00 bits per heavy atom. The molecule has 2 aliphatic carbocycles. The zero-order valence-corrected chi connectivity index (χ0v) is 18.1. The van der Waals surface area contributed by atoms with E-state index in [1.54, 1.807) is 0 Å². The Bertz CT molecular complexity index is 609. The molecule has 0 radical (unpaired) electrons. The first-order chi connectivity index (χ1) is 14.3. The van der Waals surface area contributed by atoms with Crippen LogP contribution in [-0.4, -0.2) is 42.1 Å². The number of hydrogen-bond donors (Lipinski definition) is 2. The summed E-state index contributed by atoms with van der Waals surface area (Å²) in [5.41, 5.74) is 1.43. The Balaban J connectivity index is 1.30. The maximum Gasteiger partial charge on any atom is 0.191 e. The first kappa shape index (κ1) is 20.7. The van der Waals surface area contributed by atoms with Crippen LogP contribution in [0, 0.1) is 0 Å². The molecule has 0 bridgehead atoms. The number of nitrogens with one attached hydrogen (secondary N) is 2. The lowest BCUT2D eigenvalue weighted by molar-refractivity contribution is 0.198. The molecule has 2 saturated carbocycles. The van der Waals surface area contributed by atoms with Gasteiger partial charge in [-0.25, -0.2) is 4.99 Å². The van der Waals surface area contributed by atoms with Crippen LogP contribution >= 0.6 is 0 Å². The molecular formula is C25H40N4. The minimum absolute atomic E-state index is 0.528. The Morgan fingerprint density at radius 1 is 0.759 bits per heavy atom. The first-order valence-corrected chi connectivity index (χ1v) is 12.2. The fourth-order valence-corrected chi connectivity index (χ4v) is 5.22. The van der Waals surface area contributed by atoms with Crippen molar-refractivity contribution in [1.29, 1.82) is 0 Å². The molecular weight excluding hydrogens is 356 g/mol. The van der Waals surface area contributed by atoms with Gasteiger partial charge >= 0.3 is 0 Å². The molecule has 0 spiro atoms. The van der Waals surface area contributed by atoms with Gasteiger partial charge in [-0.05, 0) is 44.1 Å². The quantitative estimate of drug-likeness (QED) is 0.552. The van der Waals surface area contributed by atoms with Crippen LogP contribution in [0.15, 0.2) is 35.3 Å². The van der Waals surface area contributed by atoms with Crippen molar-refractivity contribution in [2.45, 2.75) is 102 Å². The Morgan fingerprint density at radius 2 is 1.34 bits per heavy atom. The minimum atomic E-state index is 0.528. The summed E-state index contributed by atoms with van der Waals surface area (Å²) >= 11 is 0. The van der Waals surface area contributed by atoms with Crippen molar-refractivity contribution < 1.29 is 0 Å². The maximum absolute atomic E-state index is 5.19. The molecule has 1 aromatic rings. The molecule has 29 heavy (non-hydrogen) atoms. The smallest absolute Gasteiger partial charge is 0.191 e. The third kappa shape index (κ3) is 6.74. The number of rotatable bonds is 5. The normalized spacial score (nSPS) is 23.8. The van der Waals surface area contributed by atoms with E-state index in [1.165, 1.54) is 95.7 Å². The number of guanidine groups is 1. The van der Waals surface area contributed by atoms with Crippen LogP contribution in [0.4, 0.5) is 0 Å². The molecule has 4 rings (SSSR count). The van der Waals surface area contributed by atoms with Gasteiger partial charge in [0, 0.05) is 31.7 Å². The number of hydrogen-bond acceptors (Lipinski definition) is 2. The van der Waals surface area contributed by atoms with Crippen LogP contribution in [0.1, 0.15) is 82.6 Å². The van der Waals surface area contributed by atoms with Gasteiger partial charge in [0.15, 0.2) is 5.96 Å². The highest BCUT2D eigenvalue weighted by atomic mass is 15.2. The van der Waals surface area contributed by atoms with E-state index in [0.717, 1.165) is 12.5 Å². The van der Waals surface area contributed by atoms with E-state index < -0.39 is 0 Å². The molecule has 4 nitrogen and oxygen atoms in total. The van der Waals surface area contributed by atoms with Crippen molar-refractivity contribution in [1.82, 2.24) is 15.5 Å². The Labute approximate surface area is 177 Å². The van der Waals surface area contributed by atoms with E-state index in [4.69, 9.17) is 4.99 Å². The maximum atomic E-state index is 5.19. The second-order valence-electron chi connectivity index (χ2n) is 9.43. The van der Waals surface area contributed by atoms with Crippen LogP contribution < -0.4 is 10.6 Å². The second-order valence-corrected chi connectivity index (χ2v) is 9.43. The molecule has 0 amide bonds. The van der Waals surface area contributed by atoms with E-state index in [1.807, 2.05) is 0 Å². The predicted octanol–water partition coefficient (Wildman–Crippen LogP) is 4.85. The summed E-state index contributed by atoms with van der Waals surface area (Å²) in [6.45, 7) is 3.43. The molecule has 1 heterocycles. The van der Waals surface area contributed by atoms with Crippen molar-refractivity contribution in [3.63, 3.8) is 0 Å². The monoisotopic (exact) mass is 396 g/mol. The molecule has 3 fully saturated rings. The van der Waals surface area contributed by atoms with E-state index >= 15 is 0 Å². The molecule has 0 unspecified atom stereocenters. The highest BCUT2D eigenvalue weighted by Gasteiger charge is 2.23. The van der Waals surface area contributed by atoms with Crippen LogP contribution in [0.5, 0.6) is 0 Å². The predicted molar refractivity (Wildman–Crippen MR) is 122 cm³/mol. The standard InChI is InChI=1S/C25H40N4/c1-4-10-21(11-5-1)20-29-18-16-24(17-19-29)28-25(26-22-12-6-2-7-13-22)27-23-14-8-3-9-15-23/h1,4-5,10-11,22-24H,2-3,6-9,12-20H2,(H2,26,27,28). The van der Waals surface area contributed by atoms with Gasteiger partial charge in [0.05, 0.1) is 6.04 Å². The van der Waals surface area contributed by atoms with Crippen LogP contribution in [0.3, 0.4) is 0 Å². The molecule has 0 aromatic heterocycles. The van der Waals surface area contributed by atoms with Gasteiger partial charge in [-0.15, -0.1) is 0 Å². The SMILES string of the molecule is c1ccc(CN2CCC(N/C(=N\C3CCCCC3)NC3CCCCC3)CC2)cc1. The third-order valence-corrected chi connectivity index (χ3v) is 7.01. The molecule has 3 aliphatic rings. The van der Waals surface area contributed by atoms with E-state index in [-0.39, 0.29) is 0 Å².